The van der Waals surface area contributed by atoms with Crippen LogP contribution in [0.5, 0.6) is 5.75 Å². The quantitative estimate of drug-likeness (QED) is 0.267. The van der Waals surface area contributed by atoms with Gasteiger partial charge >= 0.3 is 0 Å². The van der Waals surface area contributed by atoms with Crippen LogP contribution in [0.4, 0.5) is 5.82 Å². The summed E-state index contributed by atoms with van der Waals surface area (Å²) < 4.78 is 8.48. The van der Waals surface area contributed by atoms with Crippen LogP contribution in [-0.2, 0) is 13.0 Å². The van der Waals surface area contributed by atoms with Gasteiger partial charge in [-0.15, -0.1) is 0 Å². The molecule has 5 rings (SSSR count). The van der Waals surface area contributed by atoms with Gasteiger partial charge in [0.25, 0.3) is 17.1 Å². The Kier molecular flexibility index (Phi) is 6.55. The molecule has 0 fully saturated rings. The largest absolute Gasteiger partial charge is 0.497 e. The Bertz CT molecular complexity index is 1650. The van der Waals surface area contributed by atoms with Crippen LogP contribution in [0.1, 0.15) is 34.5 Å². The summed E-state index contributed by atoms with van der Waals surface area (Å²) in [4.78, 5) is 31.6. The van der Waals surface area contributed by atoms with Crippen molar-refractivity contribution in [1.82, 2.24) is 14.7 Å². The lowest BCUT2D eigenvalue weighted by atomic mass is 10.1. The molecule has 0 aliphatic heterocycles. The average Bonchev–Trinajstić information content (AvgIpc) is 2.93. The molecule has 5 aromatic rings. The highest BCUT2D eigenvalue weighted by molar-refractivity contribution is 6.00. The van der Waals surface area contributed by atoms with E-state index in [4.69, 9.17) is 15.5 Å². The van der Waals surface area contributed by atoms with E-state index in [0.29, 0.717) is 29.6 Å². The van der Waals surface area contributed by atoms with Crippen molar-refractivity contribution in [2.75, 3.05) is 12.8 Å². The summed E-state index contributed by atoms with van der Waals surface area (Å²) in [7, 11) is 1.63. The number of nitrogens with one attached hydrogen (secondary N) is 1. The van der Waals surface area contributed by atoms with E-state index in [1.165, 1.54) is 4.40 Å². The summed E-state index contributed by atoms with van der Waals surface area (Å²) in [6.45, 7) is 2.34. The van der Waals surface area contributed by atoms with Gasteiger partial charge < -0.3 is 15.8 Å². The van der Waals surface area contributed by atoms with Crippen molar-refractivity contribution >= 4 is 28.4 Å². The van der Waals surface area contributed by atoms with Crippen LogP contribution < -0.4 is 25.9 Å². The zero-order chi connectivity index (χ0) is 25.9. The Morgan fingerprint density at radius 2 is 1.81 bits per heavy atom. The monoisotopic (exact) mass is 494 g/mol. The number of nitrogens with two attached hydrogens (primary N) is 1. The number of pyridine rings is 2. The Morgan fingerprint density at radius 1 is 1.08 bits per heavy atom. The van der Waals surface area contributed by atoms with Crippen LogP contribution in [0.3, 0.4) is 0 Å². The van der Waals surface area contributed by atoms with Crippen molar-refractivity contribution in [1.29, 1.82) is 0 Å². The van der Waals surface area contributed by atoms with Gasteiger partial charge in [-0.3, -0.25) is 14.0 Å². The van der Waals surface area contributed by atoms with E-state index in [1.807, 2.05) is 67.6 Å². The summed E-state index contributed by atoms with van der Waals surface area (Å²) in [5, 5.41) is 3.34. The van der Waals surface area contributed by atoms with Crippen LogP contribution in [0, 0.1) is 0 Å². The summed E-state index contributed by atoms with van der Waals surface area (Å²) in [5.74, 6) is 0.672. The maximum atomic E-state index is 13.4. The second kappa shape index (κ2) is 10.1. The van der Waals surface area contributed by atoms with E-state index in [9.17, 15) is 9.59 Å². The fourth-order valence-corrected chi connectivity index (χ4v) is 4.44. The first kappa shape index (κ1) is 24.0. The van der Waals surface area contributed by atoms with Crippen LogP contribution in [0.15, 0.2) is 89.9 Å². The van der Waals surface area contributed by atoms with Crippen molar-refractivity contribution in [2.45, 2.75) is 25.9 Å². The summed E-state index contributed by atoms with van der Waals surface area (Å²) in [6.07, 6.45) is 2.29. The standard InChI is InChI=1S/C29H27N5O3/c1-19(21-8-4-3-5-9-21)31-28(35)23-18-24-27(32-25-10-6-7-16-33(25)29(24)36)34(26(23)30)17-15-20-11-13-22(37-2)14-12-20/h3-14,16,18-19,30H,15,17H2,1-2H3,(H,31,35)/p+1/t19-/m0/s1. The average molecular weight is 495 g/mol. The number of carbonyl (C=O) groups is 1. The molecule has 8 nitrogen and oxygen atoms in total. The van der Waals surface area contributed by atoms with E-state index in [1.54, 1.807) is 36.1 Å². The molecule has 0 unspecified atom stereocenters. The summed E-state index contributed by atoms with van der Waals surface area (Å²) >= 11 is 0. The van der Waals surface area contributed by atoms with Gasteiger partial charge in [0, 0.05) is 12.6 Å². The van der Waals surface area contributed by atoms with E-state index < -0.39 is 0 Å². The van der Waals surface area contributed by atoms with Crippen molar-refractivity contribution in [2.24, 2.45) is 0 Å². The lowest BCUT2D eigenvalue weighted by molar-refractivity contribution is -0.658. The minimum Gasteiger partial charge on any atom is -0.497 e. The number of ether oxygens (including phenoxy) is 1. The fraction of sp³-hybridized carbons (Fsp3) is 0.172. The lowest BCUT2D eigenvalue weighted by Crippen LogP contribution is -2.43. The van der Waals surface area contributed by atoms with Gasteiger partial charge in [-0.1, -0.05) is 53.5 Å². The number of methoxy groups -OCH3 is 1. The van der Waals surface area contributed by atoms with Gasteiger partial charge in [0.2, 0.25) is 11.5 Å². The molecule has 0 aliphatic rings. The number of nitrogens with zero attached hydrogens (tertiary/aromatic N) is 3. The number of amides is 1. The normalized spacial score (nSPS) is 11.9. The highest BCUT2D eigenvalue weighted by atomic mass is 16.5. The Morgan fingerprint density at radius 3 is 2.54 bits per heavy atom. The molecule has 2 aromatic carbocycles. The van der Waals surface area contributed by atoms with E-state index in [2.05, 4.69) is 5.32 Å². The highest BCUT2D eigenvalue weighted by Gasteiger charge is 2.25. The fourth-order valence-electron chi connectivity index (χ4n) is 4.44. The zero-order valence-corrected chi connectivity index (χ0v) is 20.7. The zero-order valence-electron chi connectivity index (χ0n) is 20.7. The molecule has 0 radical (unpaired) electrons. The van der Waals surface area contributed by atoms with Crippen molar-refractivity contribution < 1.29 is 14.1 Å². The molecule has 8 heteroatoms. The SMILES string of the molecule is COc1ccc(CC[n+]2c(N)c(C(=O)N[C@@H](C)c3ccccc3)cc3c(=O)n4ccccc4nc32)cc1. The van der Waals surface area contributed by atoms with E-state index in [0.717, 1.165) is 16.9 Å². The minimum absolute atomic E-state index is 0.236. The molecule has 3 heterocycles. The number of carbonyl (C=O) groups excluding carboxylic acids is 1. The predicted molar refractivity (Wildman–Crippen MR) is 143 cm³/mol. The van der Waals surface area contributed by atoms with Crippen LogP contribution >= 0.6 is 0 Å². The Hall–Kier alpha value is -4.72. The molecule has 1 atom stereocenters. The lowest BCUT2D eigenvalue weighted by Gasteiger charge is -2.16. The number of nitrogen functional groups attached to an aromatic ring is 1. The van der Waals surface area contributed by atoms with Gasteiger partial charge in [-0.2, -0.15) is 0 Å². The number of hydrogen-bond donors (Lipinski definition) is 2. The molecular formula is C29H28N5O3+. The maximum Gasteiger partial charge on any atom is 0.278 e. The molecule has 37 heavy (non-hydrogen) atoms. The van der Waals surface area contributed by atoms with Crippen molar-refractivity contribution in [3.63, 3.8) is 0 Å². The van der Waals surface area contributed by atoms with Gasteiger partial charge in [-0.05, 0) is 48.4 Å². The molecule has 0 saturated heterocycles. The van der Waals surface area contributed by atoms with Crippen LogP contribution in [0.25, 0.3) is 16.7 Å². The van der Waals surface area contributed by atoms with Gasteiger partial charge in [-0.25, -0.2) is 4.57 Å². The molecule has 1 amide bonds. The molecule has 0 spiro atoms. The number of aromatic nitrogens is 3. The van der Waals surface area contributed by atoms with E-state index in [-0.39, 0.29) is 28.9 Å². The molecular weight excluding hydrogens is 466 g/mol. The third kappa shape index (κ3) is 4.73. The molecule has 3 N–H and O–H groups in total. The van der Waals surface area contributed by atoms with E-state index >= 15 is 0 Å². The highest BCUT2D eigenvalue weighted by Crippen LogP contribution is 2.18. The van der Waals surface area contributed by atoms with Gasteiger partial charge in [0.15, 0.2) is 0 Å². The Labute approximate surface area is 214 Å². The molecule has 0 aliphatic carbocycles. The number of benzene rings is 2. The first-order chi connectivity index (χ1) is 18.0. The van der Waals surface area contributed by atoms with Crippen molar-refractivity contribution in [3.8, 4) is 5.75 Å². The third-order valence-corrected chi connectivity index (χ3v) is 6.53. The van der Waals surface area contributed by atoms with Crippen LogP contribution in [0.2, 0.25) is 0 Å². The molecule has 0 bridgehead atoms. The minimum atomic E-state index is -0.355. The van der Waals surface area contributed by atoms with Gasteiger partial charge in [0.1, 0.15) is 16.7 Å². The summed E-state index contributed by atoms with van der Waals surface area (Å²) in [5.41, 5.74) is 9.55. The third-order valence-electron chi connectivity index (χ3n) is 6.53. The number of aryl methyl sites for hydroxylation is 2. The van der Waals surface area contributed by atoms with Gasteiger partial charge in [0.05, 0.1) is 19.7 Å². The Balaban J connectivity index is 1.59. The second-order valence-corrected chi connectivity index (χ2v) is 8.88. The second-order valence-electron chi connectivity index (χ2n) is 8.88. The molecule has 0 saturated carbocycles. The molecule has 3 aromatic heterocycles. The smallest absolute Gasteiger partial charge is 0.278 e. The summed E-state index contributed by atoms with van der Waals surface area (Å²) in [6, 6.07) is 24.1. The number of fused-ring (bicyclic) bond motifs is 2. The maximum absolute atomic E-state index is 13.4. The molecule has 186 valence electrons. The first-order valence-corrected chi connectivity index (χ1v) is 12.1. The van der Waals surface area contributed by atoms with Crippen LogP contribution in [-0.4, -0.2) is 22.4 Å². The number of anilines is 1. The predicted octanol–water partition coefficient (Wildman–Crippen LogP) is 3.46. The number of rotatable bonds is 7. The van der Waals surface area contributed by atoms with Crippen molar-refractivity contribution in [3.05, 3.63) is 112 Å². The number of hydrogen-bond acceptors (Lipinski definition) is 5. The topological polar surface area (TPSA) is 103 Å². The first-order valence-electron chi connectivity index (χ1n) is 12.1.